The lowest BCUT2D eigenvalue weighted by atomic mass is 9.99. The van der Waals surface area contributed by atoms with Crippen LogP contribution in [0.1, 0.15) is 32.6 Å². The Balaban J connectivity index is 3.43. The molecular formula is C8H19O2P. The standard InChI is InChI=1S/C8H19O2P/c1-8(11,4-2-6-9)5-3-7-10/h9-10H,2-7,11H2,1H3. The maximum atomic E-state index is 8.60. The second-order valence-corrected chi connectivity index (χ2v) is 4.70. The lowest BCUT2D eigenvalue weighted by Crippen LogP contribution is -2.16. The quantitative estimate of drug-likeness (QED) is 0.599. The van der Waals surface area contributed by atoms with Gasteiger partial charge in [-0.15, -0.1) is 9.24 Å². The Morgan fingerprint density at radius 3 is 1.73 bits per heavy atom. The second kappa shape index (κ2) is 5.93. The Hall–Kier alpha value is 0.350. The predicted octanol–water partition coefficient (Wildman–Crippen LogP) is 1.17. The predicted molar refractivity (Wildman–Crippen MR) is 50.8 cm³/mol. The molecule has 1 unspecified atom stereocenters. The van der Waals surface area contributed by atoms with Gasteiger partial charge in [0.25, 0.3) is 0 Å². The minimum Gasteiger partial charge on any atom is -0.396 e. The number of aliphatic hydroxyl groups excluding tert-OH is 2. The fourth-order valence-corrected chi connectivity index (χ4v) is 1.50. The SMILES string of the molecule is CC(P)(CCCO)CCCO. The summed E-state index contributed by atoms with van der Waals surface area (Å²) in [5.74, 6) is 0. The summed E-state index contributed by atoms with van der Waals surface area (Å²) in [4.78, 5) is 0. The highest BCUT2D eigenvalue weighted by Gasteiger charge is 2.16. The Kier molecular flexibility index (Phi) is 6.12. The van der Waals surface area contributed by atoms with Crippen molar-refractivity contribution < 1.29 is 10.2 Å². The summed E-state index contributed by atoms with van der Waals surface area (Å²) in [6, 6.07) is 0. The van der Waals surface area contributed by atoms with Gasteiger partial charge in [0.2, 0.25) is 0 Å². The van der Waals surface area contributed by atoms with Crippen LogP contribution in [0.3, 0.4) is 0 Å². The lowest BCUT2D eigenvalue weighted by molar-refractivity contribution is 0.261. The third-order valence-electron chi connectivity index (χ3n) is 1.81. The van der Waals surface area contributed by atoms with Crippen LogP contribution in [0.2, 0.25) is 0 Å². The van der Waals surface area contributed by atoms with E-state index in [9.17, 15) is 0 Å². The van der Waals surface area contributed by atoms with Crippen LogP contribution >= 0.6 is 9.24 Å². The molecule has 0 aromatic heterocycles. The minimum absolute atomic E-state index is 0.200. The number of hydrogen-bond donors (Lipinski definition) is 2. The van der Waals surface area contributed by atoms with Gasteiger partial charge in [-0.3, -0.25) is 0 Å². The average Bonchev–Trinajstić information content (AvgIpc) is 1.97. The molecule has 0 saturated heterocycles. The average molecular weight is 178 g/mol. The molecule has 0 saturated carbocycles. The molecule has 11 heavy (non-hydrogen) atoms. The number of rotatable bonds is 6. The number of aliphatic hydroxyl groups is 2. The first-order chi connectivity index (χ1) is 5.12. The van der Waals surface area contributed by atoms with Gasteiger partial charge in [-0.25, -0.2) is 0 Å². The summed E-state index contributed by atoms with van der Waals surface area (Å²) in [6.07, 6.45) is 3.72. The van der Waals surface area contributed by atoms with Crippen molar-refractivity contribution in [3.05, 3.63) is 0 Å². The van der Waals surface area contributed by atoms with E-state index in [2.05, 4.69) is 16.2 Å². The molecule has 0 aliphatic heterocycles. The van der Waals surface area contributed by atoms with Crippen molar-refractivity contribution >= 4 is 9.24 Å². The van der Waals surface area contributed by atoms with E-state index in [1.165, 1.54) is 0 Å². The van der Waals surface area contributed by atoms with Crippen molar-refractivity contribution in [1.82, 2.24) is 0 Å². The third kappa shape index (κ3) is 6.74. The zero-order valence-electron chi connectivity index (χ0n) is 7.21. The molecule has 0 aromatic rings. The van der Waals surface area contributed by atoms with E-state index >= 15 is 0 Å². The molecule has 0 bridgehead atoms. The first kappa shape index (κ1) is 11.4. The molecule has 0 rings (SSSR count). The molecule has 0 spiro atoms. The molecule has 0 aliphatic rings. The maximum Gasteiger partial charge on any atom is 0.0431 e. The van der Waals surface area contributed by atoms with Crippen LogP contribution in [0.25, 0.3) is 0 Å². The minimum atomic E-state index is 0.200. The summed E-state index contributed by atoms with van der Waals surface area (Å²) in [6.45, 7) is 2.68. The van der Waals surface area contributed by atoms with Crippen molar-refractivity contribution in [2.75, 3.05) is 13.2 Å². The summed E-state index contributed by atoms with van der Waals surface area (Å²) in [5, 5.41) is 17.4. The topological polar surface area (TPSA) is 40.5 Å². The summed E-state index contributed by atoms with van der Waals surface area (Å²) < 4.78 is 0. The van der Waals surface area contributed by atoms with Crippen LogP contribution < -0.4 is 0 Å². The van der Waals surface area contributed by atoms with E-state index < -0.39 is 0 Å². The Labute approximate surface area is 71.2 Å². The zero-order valence-corrected chi connectivity index (χ0v) is 8.37. The van der Waals surface area contributed by atoms with Crippen molar-refractivity contribution in [2.24, 2.45) is 0 Å². The van der Waals surface area contributed by atoms with E-state index in [1.54, 1.807) is 0 Å². The van der Waals surface area contributed by atoms with Crippen LogP contribution in [-0.4, -0.2) is 28.6 Å². The Morgan fingerprint density at radius 1 is 1.09 bits per heavy atom. The van der Waals surface area contributed by atoms with Gasteiger partial charge >= 0.3 is 0 Å². The normalized spacial score (nSPS) is 12.0. The molecule has 0 fully saturated rings. The Morgan fingerprint density at radius 2 is 1.45 bits per heavy atom. The van der Waals surface area contributed by atoms with Crippen molar-refractivity contribution in [3.8, 4) is 0 Å². The molecule has 0 radical (unpaired) electrons. The largest absolute Gasteiger partial charge is 0.396 e. The van der Waals surface area contributed by atoms with Gasteiger partial charge < -0.3 is 10.2 Å². The van der Waals surface area contributed by atoms with Crippen LogP contribution in [0.5, 0.6) is 0 Å². The van der Waals surface area contributed by atoms with Crippen LogP contribution in [-0.2, 0) is 0 Å². The van der Waals surface area contributed by atoms with Gasteiger partial charge in [0.1, 0.15) is 0 Å². The van der Waals surface area contributed by atoms with Crippen LogP contribution in [0, 0.1) is 0 Å². The molecule has 2 N–H and O–H groups in total. The van der Waals surface area contributed by atoms with E-state index in [4.69, 9.17) is 10.2 Å². The fraction of sp³-hybridized carbons (Fsp3) is 1.00. The first-order valence-electron chi connectivity index (χ1n) is 4.13. The smallest absolute Gasteiger partial charge is 0.0431 e. The van der Waals surface area contributed by atoms with E-state index in [-0.39, 0.29) is 18.4 Å². The van der Waals surface area contributed by atoms with E-state index in [0.717, 1.165) is 25.7 Å². The third-order valence-corrected chi connectivity index (χ3v) is 2.39. The highest BCUT2D eigenvalue weighted by Crippen LogP contribution is 2.28. The number of hydrogen-bond acceptors (Lipinski definition) is 2. The van der Waals surface area contributed by atoms with Crippen molar-refractivity contribution in [3.63, 3.8) is 0 Å². The molecule has 68 valence electrons. The second-order valence-electron chi connectivity index (χ2n) is 3.31. The fourth-order valence-electron chi connectivity index (χ4n) is 1.09. The maximum absolute atomic E-state index is 8.60. The van der Waals surface area contributed by atoms with Crippen molar-refractivity contribution in [2.45, 2.75) is 37.8 Å². The zero-order chi connectivity index (χ0) is 8.74. The molecule has 0 aromatic carbocycles. The van der Waals surface area contributed by atoms with Gasteiger partial charge in [0.15, 0.2) is 0 Å². The summed E-state index contributed by atoms with van der Waals surface area (Å²) >= 11 is 0. The molecule has 0 heterocycles. The Bertz CT molecular complexity index is 84.1. The molecular weight excluding hydrogens is 159 g/mol. The monoisotopic (exact) mass is 178 g/mol. The van der Waals surface area contributed by atoms with Crippen LogP contribution in [0.15, 0.2) is 0 Å². The molecule has 1 atom stereocenters. The van der Waals surface area contributed by atoms with Crippen molar-refractivity contribution in [1.29, 1.82) is 0 Å². The van der Waals surface area contributed by atoms with Gasteiger partial charge in [0, 0.05) is 13.2 Å². The van der Waals surface area contributed by atoms with Gasteiger partial charge in [-0.1, -0.05) is 6.92 Å². The highest BCUT2D eigenvalue weighted by molar-refractivity contribution is 7.18. The van der Waals surface area contributed by atoms with Gasteiger partial charge in [-0.05, 0) is 30.8 Å². The molecule has 0 aliphatic carbocycles. The molecule has 3 heteroatoms. The lowest BCUT2D eigenvalue weighted by Gasteiger charge is -2.23. The summed E-state index contributed by atoms with van der Waals surface area (Å²) in [5.41, 5.74) is 0. The van der Waals surface area contributed by atoms with E-state index in [1.807, 2.05) is 0 Å². The molecule has 0 amide bonds. The summed E-state index contributed by atoms with van der Waals surface area (Å²) in [7, 11) is 2.79. The highest BCUT2D eigenvalue weighted by atomic mass is 31.0. The van der Waals surface area contributed by atoms with E-state index in [0.29, 0.717) is 0 Å². The van der Waals surface area contributed by atoms with Gasteiger partial charge in [0.05, 0.1) is 0 Å². The molecule has 2 nitrogen and oxygen atoms in total. The first-order valence-corrected chi connectivity index (χ1v) is 4.71. The van der Waals surface area contributed by atoms with Gasteiger partial charge in [-0.2, -0.15) is 0 Å². The van der Waals surface area contributed by atoms with Crippen LogP contribution in [0.4, 0.5) is 0 Å².